The molecule has 1 aromatic heterocycles. The Hall–Kier alpha value is -3.56. The van der Waals surface area contributed by atoms with Gasteiger partial charge in [0, 0.05) is 32.0 Å². The van der Waals surface area contributed by atoms with E-state index < -0.39 is 18.2 Å². The first-order chi connectivity index (χ1) is 16.3. The molecule has 0 atom stereocenters. The molecule has 0 unspecified atom stereocenters. The van der Waals surface area contributed by atoms with E-state index in [0.29, 0.717) is 35.6 Å². The Balaban J connectivity index is 1.57. The second-order valence-electron chi connectivity index (χ2n) is 8.02. The third kappa shape index (κ3) is 5.16. The van der Waals surface area contributed by atoms with Crippen molar-refractivity contribution in [2.45, 2.75) is 38.6 Å². The van der Waals surface area contributed by atoms with Crippen LogP contribution >= 0.6 is 0 Å². The summed E-state index contributed by atoms with van der Waals surface area (Å²) in [6.07, 6.45) is -3.35. The fourth-order valence-electron chi connectivity index (χ4n) is 3.96. The minimum atomic E-state index is -4.89. The van der Waals surface area contributed by atoms with E-state index in [1.807, 2.05) is 30.3 Å². The number of hydrogen-bond acceptors (Lipinski definition) is 5. The number of fused-ring (bicyclic) bond motifs is 1. The number of piperidine rings is 1. The summed E-state index contributed by atoms with van der Waals surface area (Å²) in [5.41, 5.74) is 1.16. The first-order valence-corrected chi connectivity index (χ1v) is 11.0. The maximum atomic E-state index is 13.1. The topological polar surface area (TPSA) is 73.7 Å². The van der Waals surface area contributed by atoms with Crippen LogP contribution in [-0.2, 0) is 11.3 Å². The number of benzene rings is 2. The molecule has 0 saturated carbocycles. The second kappa shape index (κ2) is 9.74. The average molecular weight is 475 g/mol. The van der Waals surface area contributed by atoms with E-state index in [1.54, 1.807) is 19.1 Å². The summed E-state index contributed by atoms with van der Waals surface area (Å²) in [5.74, 6) is -1.11. The van der Waals surface area contributed by atoms with Gasteiger partial charge in [-0.3, -0.25) is 14.2 Å². The lowest BCUT2D eigenvalue weighted by molar-refractivity contribution is -0.187. The highest BCUT2D eigenvalue weighted by atomic mass is 19.4. The number of aromatic nitrogens is 2. The smallest absolute Gasteiger partial charge is 0.471 e. The summed E-state index contributed by atoms with van der Waals surface area (Å²) in [6, 6.07) is 12.7. The van der Waals surface area contributed by atoms with Gasteiger partial charge in [-0.25, -0.2) is 4.98 Å². The minimum Gasteiger partial charge on any atom is -0.490 e. The molecule has 34 heavy (non-hydrogen) atoms. The lowest BCUT2D eigenvalue weighted by Gasteiger charge is -2.32. The number of alkyl halides is 3. The Kier molecular flexibility index (Phi) is 6.76. The predicted octanol–water partition coefficient (Wildman–Crippen LogP) is 3.78. The molecule has 3 aromatic rings. The predicted molar refractivity (Wildman–Crippen MR) is 119 cm³/mol. The molecule has 180 valence electrons. The maximum Gasteiger partial charge on any atom is 0.471 e. The molecule has 4 rings (SSSR count). The van der Waals surface area contributed by atoms with E-state index in [9.17, 15) is 22.8 Å². The largest absolute Gasteiger partial charge is 0.490 e. The molecule has 1 amide bonds. The monoisotopic (exact) mass is 475 g/mol. The van der Waals surface area contributed by atoms with Gasteiger partial charge in [0.1, 0.15) is 6.10 Å². The molecule has 2 heterocycles. The molecule has 1 aliphatic rings. The molecule has 0 N–H and O–H groups in total. The van der Waals surface area contributed by atoms with Crippen LogP contribution in [0.4, 0.5) is 13.2 Å². The molecule has 1 aliphatic heterocycles. The summed E-state index contributed by atoms with van der Waals surface area (Å²) in [6.45, 7) is 2.39. The molecule has 0 radical (unpaired) electrons. The average Bonchev–Trinajstić information content (AvgIpc) is 2.82. The second-order valence-corrected chi connectivity index (χ2v) is 8.02. The zero-order valence-corrected chi connectivity index (χ0v) is 18.5. The van der Waals surface area contributed by atoms with Gasteiger partial charge in [-0.2, -0.15) is 13.2 Å². The van der Waals surface area contributed by atoms with Crippen molar-refractivity contribution >= 4 is 16.8 Å². The van der Waals surface area contributed by atoms with Crippen molar-refractivity contribution in [1.29, 1.82) is 0 Å². The molecular formula is C24H24F3N3O4. The number of carbonyl (C=O) groups is 1. The lowest BCUT2D eigenvalue weighted by atomic mass is 10.1. The molecule has 0 spiro atoms. The van der Waals surface area contributed by atoms with E-state index in [2.05, 4.69) is 4.98 Å². The number of amides is 1. The normalized spacial score (nSPS) is 14.9. The number of rotatable bonds is 6. The number of halogens is 3. The number of carbonyl (C=O) groups excluding carboxylic acids is 1. The molecule has 7 nitrogen and oxygen atoms in total. The molecule has 1 fully saturated rings. The standard InChI is InChI=1S/C24H24F3N3O4/c1-2-33-20-13-19-18(22(31)30(15-28-19)14-16-6-4-3-5-7-16)12-21(20)34-17-8-10-29(11-9-17)23(32)24(25,26)27/h3-7,12-13,15,17H,2,8-11,14H2,1H3. The van der Waals surface area contributed by atoms with Gasteiger partial charge >= 0.3 is 12.1 Å². The van der Waals surface area contributed by atoms with Gasteiger partial charge in [0.05, 0.1) is 30.4 Å². The molecule has 0 aliphatic carbocycles. The SMILES string of the molecule is CCOc1cc2ncn(Cc3ccccc3)c(=O)c2cc1OC1CCN(C(=O)C(F)(F)F)CC1. The number of ether oxygens (including phenoxy) is 2. The number of nitrogens with zero attached hydrogens (tertiary/aromatic N) is 3. The number of hydrogen-bond donors (Lipinski definition) is 0. The summed E-state index contributed by atoms with van der Waals surface area (Å²) in [5, 5.41) is 0.349. The van der Waals surface area contributed by atoms with Crippen LogP contribution < -0.4 is 15.0 Å². The molecule has 2 aromatic carbocycles. The fraction of sp³-hybridized carbons (Fsp3) is 0.375. The highest BCUT2D eigenvalue weighted by Crippen LogP contribution is 2.33. The van der Waals surface area contributed by atoms with Crippen LogP contribution in [0.2, 0.25) is 0 Å². The third-order valence-corrected chi connectivity index (χ3v) is 5.65. The van der Waals surface area contributed by atoms with Crippen LogP contribution in [0.5, 0.6) is 11.5 Å². The van der Waals surface area contributed by atoms with Gasteiger partial charge < -0.3 is 14.4 Å². The van der Waals surface area contributed by atoms with Gasteiger partial charge in [-0.1, -0.05) is 30.3 Å². The van der Waals surface area contributed by atoms with Crippen LogP contribution in [0.1, 0.15) is 25.3 Å². The van der Waals surface area contributed by atoms with Crippen LogP contribution in [0.15, 0.2) is 53.6 Å². The van der Waals surface area contributed by atoms with Gasteiger partial charge in [-0.05, 0) is 18.6 Å². The van der Waals surface area contributed by atoms with E-state index in [1.165, 1.54) is 10.9 Å². The molecule has 1 saturated heterocycles. The van der Waals surface area contributed by atoms with Crippen LogP contribution in [0.3, 0.4) is 0 Å². The van der Waals surface area contributed by atoms with Crippen LogP contribution in [-0.4, -0.2) is 52.3 Å². The Morgan fingerprint density at radius 1 is 1.12 bits per heavy atom. The Morgan fingerprint density at radius 3 is 2.47 bits per heavy atom. The zero-order chi connectivity index (χ0) is 24.3. The third-order valence-electron chi connectivity index (χ3n) is 5.65. The van der Waals surface area contributed by atoms with Crippen molar-refractivity contribution < 1.29 is 27.4 Å². The first kappa shape index (κ1) is 23.6. The van der Waals surface area contributed by atoms with E-state index in [-0.39, 0.29) is 31.5 Å². The lowest BCUT2D eigenvalue weighted by Crippen LogP contribution is -2.47. The van der Waals surface area contributed by atoms with Crippen molar-refractivity contribution in [2.75, 3.05) is 19.7 Å². The Bertz CT molecular complexity index is 1220. The molecular weight excluding hydrogens is 451 g/mol. The van der Waals surface area contributed by atoms with E-state index in [0.717, 1.165) is 10.5 Å². The number of likely N-dealkylation sites (tertiary alicyclic amines) is 1. The quantitative estimate of drug-likeness (QED) is 0.543. The summed E-state index contributed by atoms with van der Waals surface area (Å²) < 4.78 is 51.3. The first-order valence-electron chi connectivity index (χ1n) is 11.0. The highest BCUT2D eigenvalue weighted by Gasteiger charge is 2.43. The maximum absolute atomic E-state index is 13.1. The Labute approximate surface area is 193 Å². The Morgan fingerprint density at radius 2 is 1.82 bits per heavy atom. The van der Waals surface area contributed by atoms with Crippen LogP contribution in [0, 0.1) is 0 Å². The van der Waals surface area contributed by atoms with Crippen LogP contribution in [0.25, 0.3) is 10.9 Å². The minimum absolute atomic E-state index is 0.0635. The van der Waals surface area contributed by atoms with Crippen molar-refractivity contribution in [3.63, 3.8) is 0 Å². The fourth-order valence-corrected chi connectivity index (χ4v) is 3.96. The van der Waals surface area contributed by atoms with E-state index >= 15 is 0 Å². The van der Waals surface area contributed by atoms with Gasteiger partial charge in [0.2, 0.25) is 0 Å². The van der Waals surface area contributed by atoms with Crippen molar-refractivity contribution in [2.24, 2.45) is 0 Å². The van der Waals surface area contributed by atoms with Crippen molar-refractivity contribution in [3.05, 3.63) is 64.7 Å². The summed E-state index contributed by atoms with van der Waals surface area (Å²) in [4.78, 5) is 29.8. The van der Waals surface area contributed by atoms with Crippen molar-refractivity contribution in [3.8, 4) is 11.5 Å². The summed E-state index contributed by atoms with van der Waals surface area (Å²) >= 11 is 0. The van der Waals surface area contributed by atoms with Crippen molar-refractivity contribution in [1.82, 2.24) is 14.5 Å². The van der Waals surface area contributed by atoms with Gasteiger partial charge in [-0.15, -0.1) is 0 Å². The zero-order valence-electron chi connectivity index (χ0n) is 18.5. The summed E-state index contributed by atoms with van der Waals surface area (Å²) in [7, 11) is 0. The molecule has 0 bridgehead atoms. The van der Waals surface area contributed by atoms with Gasteiger partial charge in [0.15, 0.2) is 11.5 Å². The van der Waals surface area contributed by atoms with E-state index in [4.69, 9.17) is 9.47 Å². The highest BCUT2D eigenvalue weighted by molar-refractivity contribution is 5.82. The molecule has 10 heteroatoms. The van der Waals surface area contributed by atoms with Gasteiger partial charge in [0.25, 0.3) is 5.56 Å².